The number of alkyl halides is 6. The maximum atomic E-state index is 12.4. The summed E-state index contributed by atoms with van der Waals surface area (Å²) in [5.41, 5.74) is -10.3. The molecular weight excluding hydrogens is 1140 g/mol. The van der Waals surface area contributed by atoms with E-state index in [1.807, 2.05) is 44.7 Å². The second-order valence-corrected chi connectivity index (χ2v) is 27.7. The van der Waals surface area contributed by atoms with Crippen LogP contribution >= 0.6 is 0 Å². The van der Waals surface area contributed by atoms with Gasteiger partial charge in [-0.3, -0.25) is 4.21 Å². The molecule has 0 bridgehead atoms. The van der Waals surface area contributed by atoms with Crippen LogP contribution in [0.1, 0.15) is 31.2 Å². The highest BCUT2D eigenvalue weighted by Gasteiger charge is 2.42. The standard InChI is InChI=1S/C15H14F3NO5S3.C11H7F3NO5S2.C10H16N.C10H8O.C4H8OS/c16-15(17,18)26(20,21)19-27(22,23)24-13-7-8-14(25-9-3-4-10-25)12-6-2-1-5-11(12)13;12-11(13,14)21(16,17)15-22(18,19)20-10-7-3-5-8-4-1-2-6-9(8)10;1-11(2,3)9-10-7-5-4-6-8-10;11-10-7-3-5-8-4-1-2-6-9(8)10;5-6-3-1-2-4-6/h1-2,5-8H,3-4,9-10H2;1-7H;4-8H,9H2,1-3H3;1-7,11H;1-4H2/q;-1;+1;;. The first-order valence-electron chi connectivity index (χ1n) is 22.9. The number of rotatable bonds is 11. The van der Waals surface area contributed by atoms with Gasteiger partial charge < -0.3 is 26.2 Å². The molecule has 77 heavy (non-hydrogen) atoms. The summed E-state index contributed by atoms with van der Waals surface area (Å²) in [4.78, 5) is 1.02. The van der Waals surface area contributed by atoms with Crippen molar-refractivity contribution in [3.8, 4) is 17.2 Å². The topological polar surface area (TPSA) is 221 Å². The molecule has 1 N–H and O–H groups in total. The molecule has 2 aliphatic heterocycles. The highest BCUT2D eigenvalue weighted by molar-refractivity contribution is 8.11. The first-order chi connectivity index (χ1) is 35.9. The molecular formula is C50H53F6N3O12S6. The first kappa shape index (κ1) is 62.3. The van der Waals surface area contributed by atoms with Crippen LogP contribution in [0.25, 0.3) is 40.6 Å². The molecule has 0 saturated carbocycles. The van der Waals surface area contributed by atoms with E-state index in [-0.39, 0.29) is 27.8 Å². The maximum Gasteiger partial charge on any atom is 0.480 e. The molecule has 0 aromatic heterocycles. The normalized spacial score (nSPS) is 14.7. The fourth-order valence-corrected chi connectivity index (χ4v) is 14.6. The fourth-order valence-electron chi connectivity index (χ4n) is 7.26. The van der Waals surface area contributed by atoms with Gasteiger partial charge in [0.15, 0.2) is 24.9 Å². The third-order valence-electron chi connectivity index (χ3n) is 10.6. The van der Waals surface area contributed by atoms with Crippen molar-refractivity contribution >= 4 is 94.7 Å². The van der Waals surface area contributed by atoms with Gasteiger partial charge in [0, 0.05) is 60.3 Å². The van der Waals surface area contributed by atoms with Gasteiger partial charge in [-0.15, -0.1) is 0 Å². The SMILES string of the molecule is C[N+](C)(C)Cc1ccccc1.O=S(=O)([N-]S(=O)(=O)C(F)(F)F)Oc1ccc([S+]2CCCC2)c2ccccc12.O=S(=O)([N-]S(=O)(=O)C(F)(F)F)Oc1cccc2ccccc12.O=S1CCCC1.Oc1cccc2ccccc12. The number of fused-ring (bicyclic) bond motifs is 3. The first-order valence-corrected chi connectivity index (χ1v) is 31.6. The van der Waals surface area contributed by atoms with Gasteiger partial charge in [0.2, 0.25) is 20.6 Å². The summed E-state index contributed by atoms with van der Waals surface area (Å²) >= 11 is 0. The Bertz CT molecular complexity index is 3580. The third kappa shape index (κ3) is 19.1. The molecule has 0 spiro atoms. The van der Waals surface area contributed by atoms with E-state index in [0.717, 1.165) is 68.6 Å². The van der Waals surface area contributed by atoms with Gasteiger partial charge in [-0.05, 0) is 66.8 Å². The van der Waals surface area contributed by atoms with Crippen LogP contribution in [0.5, 0.6) is 17.2 Å². The summed E-state index contributed by atoms with van der Waals surface area (Å²) in [6.45, 7) is 1.10. The number of quaternary nitrogens is 1. The Kier molecular flexibility index (Phi) is 21.4. The van der Waals surface area contributed by atoms with Crippen molar-refractivity contribution in [2.45, 2.75) is 48.1 Å². The molecule has 7 aromatic rings. The molecule has 2 saturated heterocycles. The number of nitrogens with zero attached hydrogens (tertiary/aromatic N) is 3. The zero-order valence-electron chi connectivity index (χ0n) is 41.3. The highest BCUT2D eigenvalue weighted by Crippen LogP contribution is 2.38. The average Bonchev–Trinajstić information content (AvgIpc) is 4.06. The summed E-state index contributed by atoms with van der Waals surface area (Å²) in [6, 6.07) is 44.0. The van der Waals surface area contributed by atoms with Crippen molar-refractivity contribution in [1.82, 2.24) is 0 Å². The second kappa shape index (κ2) is 26.4. The minimum Gasteiger partial charge on any atom is -0.507 e. The van der Waals surface area contributed by atoms with Crippen LogP contribution in [0.4, 0.5) is 26.3 Å². The number of halogens is 6. The summed E-state index contributed by atoms with van der Waals surface area (Å²) < 4.78 is 188. The molecule has 2 aliphatic rings. The van der Waals surface area contributed by atoms with Gasteiger partial charge in [-0.1, -0.05) is 121 Å². The minimum atomic E-state index is -6.24. The Balaban J connectivity index is 0.000000193. The Morgan fingerprint density at radius 3 is 1.40 bits per heavy atom. The van der Waals surface area contributed by atoms with Gasteiger partial charge in [-0.25, -0.2) is 33.7 Å². The van der Waals surface area contributed by atoms with Gasteiger partial charge in [0.25, 0.3) is 0 Å². The number of hydrogen-bond donors (Lipinski definition) is 1. The summed E-state index contributed by atoms with van der Waals surface area (Å²) in [5.74, 6) is 3.68. The molecule has 0 unspecified atom stereocenters. The molecule has 9 rings (SSSR count). The fraction of sp³-hybridized carbons (Fsp3) is 0.280. The number of sulfonamides is 2. The number of phenols is 1. The molecule has 27 heteroatoms. The van der Waals surface area contributed by atoms with Crippen molar-refractivity contribution in [2.75, 3.05) is 44.2 Å². The van der Waals surface area contributed by atoms with E-state index >= 15 is 0 Å². The van der Waals surface area contributed by atoms with Gasteiger partial charge in [-0.2, -0.15) is 26.3 Å². The average molecular weight is 1190 g/mol. The van der Waals surface area contributed by atoms with E-state index in [9.17, 15) is 69.3 Å². The maximum absolute atomic E-state index is 12.4. The molecule has 0 aliphatic carbocycles. The van der Waals surface area contributed by atoms with Crippen LogP contribution in [-0.4, -0.2) is 103 Å². The van der Waals surface area contributed by atoms with Crippen molar-refractivity contribution in [3.63, 3.8) is 0 Å². The van der Waals surface area contributed by atoms with Crippen molar-refractivity contribution in [2.24, 2.45) is 0 Å². The molecule has 7 aromatic carbocycles. The zero-order valence-corrected chi connectivity index (χ0v) is 46.2. The Morgan fingerprint density at radius 2 is 0.935 bits per heavy atom. The van der Waals surface area contributed by atoms with Crippen molar-refractivity contribution in [3.05, 3.63) is 165 Å². The largest absolute Gasteiger partial charge is 0.507 e. The number of hydrogen-bond acceptors (Lipinski definition) is 12. The highest BCUT2D eigenvalue weighted by atomic mass is 32.3. The quantitative estimate of drug-likeness (QED) is 0.0726. The Morgan fingerprint density at radius 1 is 0.519 bits per heavy atom. The van der Waals surface area contributed by atoms with E-state index < -0.39 is 62.5 Å². The predicted molar refractivity (Wildman–Crippen MR) is 289 cm³/mol. The lowest BCUT2D eigenvalue weighted by molar-refractivity contribution is -0.884. The van der Waals surface area contributed by atoms with Crippen LogP contribution in [-0.2, 0) is 68.9 Å². The Labute approximate surface area is 449 Å². The Hall–Kier alpha value is -5.52. The molecule has 0 amide bonds. The van der Waals surface area contributed by atoms with E-state index in [1.54, 1.807) is 60.7 Å². The molecule has 15 nitrogen and oxygen atoms in total. The van der Waals surface area contributed by atoms with Crippen LogP contribution < -0.4 is 8.37 Å². The summed E-state index contributed by atoms with van der Waals surface area (Å²) in [7, 11) is -17.0. The molecule has 2 fully saturated rings. The number of phenolic OH excluding ortho intramolecular Hbond substituents is 1. The van der Waals surface area contributed by atoms with Crippen LogP contribution in [0, 0.1) is 0 Å². The zero-order chi connectivity index (χ0) is 56.9. The van der Waals surface area contributed by atoms with Gasteiger partial charge in [0.1, 0.15) is 35.3 Å². The van der Waals surface area contributed by atoms with Crippen LogP contribution in [0.3, 0.4) is 0 Å². The number of aromatic hydroxyl groups is 1. The van der Waals surface area contributed by atoms with Crippen LogP contribution in [0.15, 0.2) is 157 Å². The molecule has 2 heterocycles. The van der Waals surface area contributed by atoms with E-state index in [1.165, 1.54) is 36.6 Å². The lowest BCUT2D eigenvalue weighted by Gasteiger charge is -2.23. The van der Waals surface area contributed by atoms with E-state index in [4.69, 9.17) is 0 Å². The monoisotopic (exact) mass is 1190 g/mol. The van der Waals surface area contributed by atoms with Crippen molar-refractivity contribution in [1.29, 1.82) is 0 Å². The lowest BCUT2D eigenvalue weighted by Crippen LogP contribution is -2.33. The second-order valence-electron chi connectivity index (χ2n) is 17.7. The lowest BCUT2D eigenvalue weighted by atomic mass is 10.1. The third-order valence-corrected chi connectivity index (χ3v) is 19.6. The van der Waals surface area contributed by atoms with Crippen molar-refractivity contribution < 1.29 is 82.2 Å². The smallest absolute Gasteiger partial charge is 0.480 e. The molecule has 418 valence electrons. The van der Waals surface area contributed by atoms with Crippen LogP contribution in [0.2, 0.25) is 0 Å². The summed E-state index contributed by atoms with van der Waals surface area (Å²) in [5, 5.41) is 13.3. The van der Waals surface area contributed by atoms with E-state index in [2.05, 4.69) is 59.8 Å². The number of benzene rings is 7. The van der Waals surface area contributed by atoms with Gasteiger partial charge in [0.05, 0.1) is 21.1 Å². The van der Waals surface area contributed by atoms with Gasteiger partial charge >= 0.3 is 11.0 Å². The van der Waals surface area contributed by atoms with E-state index in [0.29, 0.717) is 21.9 Å². The molecule has 0 radical (unpaired) electrons. The summed E-state index contributed by atoms with van der Waals surface area (Å²) in [6.07, 6.45) is 4.57. The minimum absolute atomic E-state index is 0.00261. The predicted octanol–water partition coefficient (Wildman–Crippen LogP) is 11.1. The molecule has 0 atom stereocenters.